The van der Waals surface area contributed by atoms with Crippen molar-refractivity contribution in [2.24, 2.45) is 0 Å². The number of carbonyl (C=O) groups is 2. The molecule has 6 nitrogen and oxygen atoms in total. The molecule has 0 amide bonds. The van der Waals surface area contributed by atoms with Gasteiger partial charge in [0.15, 0.2) is 0 Å². The summed E-state index contributed by atoms with van der Waals surface area (Å²) in [5.74, 6) is -0.470. The number of rotatable bonds is 20. The fraction of sp³-hybridized carbons (Fsp3) is 0.562. The van der Waals surface area contributed by atoms with Crippen molar-refractivity contribution in [2.75, 3.05) is 0 Å². The van der Waals surface area contributed by atoms with Crippen molar-refractivity contribution < 1.29 is 19.1 Å². The molecule has 0 N–H and O–H groups in total. The molecule has 0 atom stereocenters. The predicted octanol–water partition coefficient (Wildman–Crippen LogP) is 8.67. The maximum absolute atomic E-state index is 12.9. The Morgan fingerprint density at radius 3 is 1.26 bits per heavy atom. The van der Waals surface area contributed by atoms with Gasteiger partial charge < -0.3 is 9.47 Å². The molecule has 2 rings (SSSR count). The molecule has 0 fully saturated rings. The number of aromatic nitrogens is 2. The van der Waals surface area contributed by atoms with E-state index < -0.39 is 0 Å². The molecule has 0 spiro atoms. The number of nitrogens with zero attached hydrogens (tertiary/aromatic N) is 2. The quantitative estimate of drug-likeness (QED) is 0.0983. The summed E-state index contributed by atoms with van der Waals surface area (Å²) in [7, 11) is 0. The van der Waals surface area contributed by atoms with E-state index in [1.807, 2.05) is 12.1 Å². The Kier molecular flexibility index (Phi) is 16.4. The average Bonchev–Trinajstić information content (AvgIpc) is 2.95. The van der Waals surface area contributed by atoms with E-state index in [9.17, 15) is 9.59 Å². The summed E-state index contributed by atoms with van der Waals surface area (Å²) in [6.07, 6.45) is 19.4. The zero-order valence-corrected chi connectivity index (χ0v) is 23.5. The highest BCUT2D eigenvalue weighted by atomic mass is 16.6. The van der Waals surface area contributed by atoms with Crippen LogP contribution in [0.5, 0.6) is 0 Å². The molecule has 2 heterocycles. The summed E-state index contributed by atoms with van der Waals surface area (Å²) in [5, 5.41) is 0. The highest BCUT2D eigenvalue weighted by Gasteiger charge is 2.23. The first-order valence-corrected chi connectivity index (χ1v) is 14.6. The van der Waals surface area contributed by atoms with E-state index in [0.29, 0.717) is 24.2 Å². The van der Waals surface area contributed by atoms with E-state index in [1.165, 1.54) is 51.4 Å². The van der Waals surface area contributed by atoms with Gasteiger partial charge in [0.25, 0.3) is 0 Å². The van der Waals surface area contributed by atoms with Gasteiger partial charge >= 0.3 is 11.9 Å². The van der Waals surface area contributed by atoms with E-state index in [-0.39, 0.29) is 23.5 Å². The van der Waals surface area contributed by atoms with Gasteiger partial charge in [0, 0.05) is 25.2 Å². The van der Waals surface area contributed by atoms with E-state index in [2.05, 4.69) is 23.8 Å². The van der Waals surface area contributed by atoms with Crippen molar-refractivity contribution in [3.05, 3.63) is 60.2 Å². The minimum atomic E-state index is -0.365. The van der Waals surface area contributed by atoms with Crippen LogP contribution in [0, 0.1) is 0 Å². The van der Waals surface area contributed by atoms with Crippen LogP contribution in [0.2, 0.25) is 0 Å². The highest BCUT2D eigenvalue weighted by molar-refractivity contribution is 5.91. The number of hydrogen-bond acceptors (Lipinski definition) is 6. The zero-order valence-electron chi connectivity index (χ0n) is 23.5. The minimum absolute atomic E-state index is 0.130. The third-order valence-electron chi connectivity index (χ3n) is 6.40. The molecule has 0 aliphatic rings. The molecule has 2 aromatic heterocycles. The Labute approximate surface area is 229 Å². The monoisotopic (exact) mass is 522 g/mol. The Balaban J connectivity index is 2.10. The molecule has 0 unspecified atom stereocenters. The molecular weight excluding hydrogens is 476 g/mol. The number of pyridine rings is 2. The van der Waals surface area contributed by atoms with Crippen molar-refractivity contribution in [3.63, 3.8) is 0 Å². The fourth-order valence-corrected chi connectivity index (χ4v) is 4.21. The van der Waals surface area contributed by atoms with E-state index >= 15 is 0 Å². The number of carbonyl (C=O) groups excluding carboxylic acids is 2. The lowest BCUT2D eigenvalue weighted by molar-refractivity contribution is -0.139. The Morgan fingerprint density at radius 1 is 0.553 bits per heavy atom. The van der Waals surface area contributed by atoms with Crippen LogP contribution in [-0.4, -0.2) is 21.9 Å². The first-order valence-electron chi connectivity index (χ1n) is 14.6. The molecule has 2 aromatic rings. The maximum atomic E-state index is 12.9. The van der Waals surface area contributed by atoms with Crippen LogP contribution in [0.15, 0.2) is 48.8 Å². The lowest BCUT2D eigenvalue weighted by atomic mass is 10.1. The van der Waals surface area contributed by atoms with E-state index in [1.54, 1.807) is 36.7 Å². The van der Waals surface area contributed by atoms with Crippen LogP contribution in [-0.2, 0) is 19.1 Å². The van der Waals surface area contributed by atoms with Crippen LogP contribution in [0.3, 0.4) is 0 Å². The van der Waals surface area contributed by atoms with Gasteiger partial charge in [-0.1, -0.05) is 103 Å². The summed E-state index contributed by atoms with van der Waals surface area (Å²) in [6.45, 7) is 4.41. The Hall–Kier alpha value is -3.02. The maximum Gasteiger partial charge on any atom is 0.311 e. The molecule has 6 heteroatoms. The number of ether oxygens (including phenoxy) is 2. The second kappa shape index (κ2) is 20.0. The smallest absolute Gasteiger partial charge is 0.311 e. The lowest BCUT2D eigenvalue weighted by Crippen LogP contribution is -2.12. The SMILES string of the molecule is CCCCCCCCCC(=O)O/C(=C(/OC(=O)CCCCCCCCC)c1ccccn1)c1ccccn1. The number of esters is 2. The number of hydrogen-bond donors (Lipinski definition) is 0. The van der Waals surface area contributed by atoms with Crippen LogP contribution in [0.25, 0.3) is 11.5 Å². The van der Waals surface area contributed by atoms with Gasteiger partial charge in [0.2, 0.25) is 11.5 Å². The van der Waals surface area contributed by atoms with Crippen LogP contribution in [0.1, 0.15) is 128 Å². The topological polar surface area (TPSA) is 78.4 Å². The summed E-state index contributed by atoms with van der Waals surface area (Å²) >= 11 is 0. The van der Waals surface area contributed by atoms with Gasteiger partial charge in [0.1, 0.15) is 11.4 Å². The number of unbranched alkanes of at least 4 members (excludes halogenated alkanes) is 12. The molecule has 0 bridgehead atoms. The summed E-state index contributed by atoms with van der Waals surface area (Å²) in [5.41, 5.74) is 0.842. The second-order valence-corrected chi connectivity index (χ2v) is 9.78. The largest absolute Gasteiger partial charge is 0.420 e. The van der Waals surface area contributed by atoms with Crippen LogP contribution in [0.4, 0.5) is 0 Å². The highest BCUT2D eigenvalue weighted by Crippen LogP contribution is 2.28. The van der Waals surface area contributed by atoms with Gasteiger partial charge in [-0.3, -0.25) is 19.6 Å². The van der Waals surface area contributed by atoms with E-state index in [0.717, 1.165) is 38.5 Å². The van der Waals surface area contributed by atoms with Gasteiger partial charge in [-0.25, -0.2) is 0 Å². The summed E-state index contributed by atoms with van der Waals surface area (Å²) in [4.78, 5) is 34.5. The third-order valence-corrected chi connectivity index (χ3v) is 6.40. The second-order valence-electron chi connectivity index (χ2n) is 9.78. The van der Waals surface area contributed by atoms with Crippen molar-refractivity contribution in [2.45, 2.75) is 117 Å². The van der Waals surface area contributed by atoms with Gasteiger partial charge in [-0.2, -0.15) is 0 Å². The molecule has 0 saturated heterocycles. The lowest BCUT2D eigenvalue weighted by Gasteiger charge is -2.15. The van der Waals surface area contributed by atoms with Gasteiger partial charge in [-0.15, -0.1) is 0 Å². The van der Waals surface area contributed by atoms with E-state index in [4.69, 9.17) is 9.47 Å². The zero-order chi connectivity index (χ0) is 27.3. The average molecular weight is 523 g/mol. The molecule has 208 valence electrons. The molecule has 0 aliphatic heterocycles. The van der Waals surface area contributed by atoms with Crippen LogP contribution >= 0.6 is 0 Å². The molecule has 38 heavy (non-hydrogen) atoms. The molecule has 0 radical (unpaired) electrons. The predicted molar refractivity (Wildman–Crippen MR) is 153 cm³/mol. The van der Waals surface area contributed by atoms with Crippen molar-refractivity contribution in [1.82, 2.24) is 9.97 Å². The standard InChI is InChI=1S/C32H46N2O4/c1-3-5-7-9-11-13-15-23-29(35)37-31(27-21-17-19-25-33-27)32(28-22-18-20-26-34-28)38-30(36)24-16-14-12-10-8-6-4-2/h17-22,25-26H,3-16,23-24H2,1-2H3/b32-31+. The molecular formula is C32H46N2O4. The molecule has 0 aliphatic carbocycles. The first-order chi connectivity index (χ1) is 18.7. The van der Waals surface area contributed by atoms with Crippen molar-refractivity contribution >= 4 is 23.5 Å². The third kappa shape index (κ3) is 13.0. The summed E-state index contributed by atoms with van der Waals surface area (Å²) in [6, 6.07) is 10.7. The Morgan fingerprint density at radius 2 is 0.921 bits per heavy atom. The Bertz CT molecular complexity index is 867. The molecule has 0 aromatic carbocycles. The van der Waals surface area contributed by atoms with Gasteiger partial charge in [-0.05, 0) is 37.1 Å². The first kappa shape index (κ1) is 31.2. The van der Waals surface area contributed by atoms with Gasteiger partial charge in [0.05, 0.1) is 0 Å². The van der Waals surface area contributed by atoms with Crippen LogP contribution < -0.4 is 0 Å². The minimum Gasteiger partial charge on any atom is -0.420 e. The normalized spacial score (nSPS) is 11.6. The molecule has 0 saturated carbocycles. The fourth-order valence-electron chi connectivity index (χ4n) is 4.21. The van der Waals surface area contributed by atoms with Crippen molar-refractivity contribution in [3.8, 4) is 0 Å². The summed E-state index contributed by atoms with van der Waals surface area (Å²) < 4.78 is 11.7. The van der Waals surface area contributed by atoms with Crippen molar-refractivity contribution in [1.29, 1.82) is 0 Å².